The molecular weight excluding hydrogens is 400 g/mol. The molecule has 0 saturated carbocycles. The van der Waals surface area contributed by atoms with Gasteiger partial charge in [-0.1, -0.05) is 0 Å². The Labute approximate surface area is 171 Å². The normalized spacial score (nSPS) is 10.1. The standard InChI is InChI=1S/C19H22N2O7S/c1-9-10(2)29-18(14(9)17(23)21-19(24)28-6)20-16(22)11-7-12(25-3)15(27-5)13(8-11)26-4/h7-8H,1-6H3,(H,20,22)(H,21,23,24). The Balaban J connectivity index is 2.40. The molecular formula is C19H22N2O7S. The van der Waals surface area contributed by atoms with Crippen molar-refractivity contribution in [3.05, 3.63) is 33.7 Å². The largest absolute Gasteiger partial charge is 0.493 e. The topological polar surface area (TPSA) is 112 Å². The number of alkyl carbamates (subject to hydrolysis) is 1. The number of thiophene rings is 1. The second kappa shape index (κ2) is 9.28. The van der Waals surface area contributed by atoms with Crippen molar-refractivity contribution in [1.29, 1.82) is 0 Å². The number of aryl methyl sites for hydroxylation is 1. The number of hydrogen-bond donors (Lipinski definition) is 2. The van der Waals surface area contributed by atoms with E-state index < -0.39 is 17.9 Å². The first-order valence-corrected chi connectivity index (χ1v) is 9.19. The van der Waals surface area contributed by atoms with E-state index in [2.05, 4.69) is 15.4 Å². The average molecular weight is 422 g/mol. The Hall–Kier alpha value is -3.27. The van der Waals surface area contributed by atoms with E-state index in [1.54, 1.807) is 6.92 Å². The van der Waals surface area contributed by atoms with Crippen LogP contribution in [0, 0.1) is 13.8 Å². The van der Waals surface area contributed by atoms with Crippen LogP contribution < -0.4 is 24.8 Å². The molecule has 0 atom stereocenters. The predicted molar refractivity (Wildman–Crippen MR) is 108 cm³/mol. The van der Waals surface area contributed by atoms with E-state index in [0.717, 1.165) is 12.0 Å². The maximum atomic E-state index is 12.8. The lowest BCUT2D eigenvalue weighted by Crippen LogP contribution is -2.31. The second-order valence-electron chi connectivity index (χ2n) is 5.80. The van der Waals surface area contributed by atoms with Crippen molar-refractivity contribution in [2.24, 2.45) is 0 Å². The molecule has 0 spiro atoms. The van der Waals surface area contributed by atoms with Crippen LogP contribution in [0.15, 0.2) is 12.1 Å². The molecule has 2 N–H and O–H groups in total. The third-order valence-corrected chi connectivity index (χ3v) is 5.29. The Bertz CT molecular complexity index is 927. The van der Waals surface area contributed by atoms with Crippen LogP contribution in [0.3, 0.4) is 0 Å². The monoisotopic (exact) mass is 422 g/mol. The molecule has 0 aliphatic heterocycles. The summed E-state index contributed by atoms with van der Waals surface area (Å²) in [5.41, 5.74) is 1.08. The number of carbonyl (C=O) groups is 3. The zero-order valence-electron chi connectivity index (χ0n) is 16.9. The summed E-state index contributed by atoms with van der Waals surface area (Å²) in [5, 5.41) is 5.12. The van der Waals surface area contributed by atoms with Crippen molar-refractivity contribution in [2.45, 2.75) is 13.8 Å². The molecule has 0 fully saturated rings. The van der Waals surface area contributed by atoms with E-state index >= 15 is 0 Å². The minimum Gasteiger partial charge on any atom is -0.493 e. The number of nitrogens with one attached hydrogen (secondary N) is 2. The molecule has 0 aliphatic rings. The summed E-state index contributed by atoms with van der Waals surface area (Å²) in [6.45, 7) is 3.54. The van der Waals surface area contributed by atoms with E-state index in [4.69, 9.17) is 14.2 Å². The summed E-state index contributed by atoms with van der Waals surface area (Å²) < 4.78 is 20.2. The number of imide groups is 1. The highest BCUT2D eigenvalue weighted by Crippen LogP contribution is 2.39. The second-order valence-corrected chi connectivity index (χ2v) is 7.03. The molecule has 0 aliphatic carbocycles. The number of anilines is 1. The lowest BCUT2D eigenvalue weighted by molar-refractivity contribution is 0.0937. The Kier molecular flexibility index (Phi) is 7.05. The highest BCUT2D eigenvalue weighted by Gasteiger charge is 2.24. The molecule has 156 valence electrons. The summed E-state index contributed by atoms with van der Waals surface area (Å²) in [4.78, 5) is 37.5. The van der Waals surface area contributed by atoms with Crippen LogP contribution in [0.25, 0.3) is 0 Å². The van der Waals surface area contributed by atoms with Gasteiger partial charge in [0.1, 0.15) is 5.00 Å². The van der Waals surface area contributed by atoms with E-state index in [-0.39, 0.29) is 11.1 Å². The molecule has 2 aromatic rings. The molecule has 9 nitrogen and oxygen atoms in total. The summed E-state index contributed by atoms with van der Waals surface area (Å²) in [6.07, 6.45) is -0.889. The third-order valence-electron chi connectivity index (χ3n) is 4.17. The van der Waals surface area contributed by atoms with Crippen molar-refractivity contribution in [1.82, 2.24) is 5.32 Å². The number of rotatable bonds is 6. The van der Waals surface area contributed by atoms with Crippen LogP contribution in [0.1, 0.15) is 31.2 Å². The van der Waals surface area contributed by atoms with Crippen LogP contribution >= 0.6 is 11.3 Å². The Morgan fingerprint density at radius 2 is 1.48 bits per heavy atom. The number of carbonyl (C=O) groups excluding carboxylic acids is 3. The van der Waals surface area contributed by atoms with Gasteiger partial charge in [0, 0.05) is 10.4 Å². The Morgan fingerprint density at radius 1 is 0.897 bits per heavy atom. The highest BCUT2D eigenvalue weighted by atomic mass is 32.1. The van der Waals surface area contributed by atoms with Crippen LogP contribution in [0.4, 0.5) is 9.80 Å². The van der Waals surface area contributed by atoms with Gasteiger partial charge in [-0.25, -0.2) is 4.79 Å². The summed E-state index contributed by atoms with van der Waals surface area (Å²) in [6, 6.07) is 3.00. The fourth-order valence-electron chi connectivity index (χ4n) is 2.58. The first-order valence-electron chi connectivity index (χ1n) is 8.37. The van der Waals surface area contributed by atoms with E-state index in [1.165, 1.54) is 44.8 Å². The van der Waals surface area contributed by atoms with Gasteiger partial charge < -0.3 is 24.3 Å². The predicted octanol–water partition coefficient (Wildman–Crippen LogP) is 3.14. The number of amides is 3. The van der Waals surface area contributed by atoms with Crippen molar-refractivity contribution in [2.75, 3.05) is 33.8 Å². The molecule has 1 heterocycles. The van der Waals surface area contributed by atoms with E-state index in [9.17, 15) is 14.4 Å². The molecule has 2 rings (SSSR count). The van der Waals surface area contributed by atoms with Gasteiger partial charge in [0.15, 0.2) is 11.5 Å². The number of ether oxygens (including phenoxy) is 4. The van der Waals surface area contributed by atoms with Gasteiger partial charge in [-0.3, -0.25) is 14.9 Å². The highest BCUT2D eigenvalue weighted by molar-refractivity contribution is 7.16. The van der Waals surface area contributed by atoms with Gasteiger partial charge >= 0.3 is 6.09 Å². The van der Waals surface area contributed by atoms with Gasteiger partial charge in [0.2, 0.25) is 5.75 Å². The number of benzene rings is 1. The Morgan fingerprint density at radius 3 is 1.97 bits per heavy atom. The zero-order valence-corrected chi connectivity index (χ0v) is 17.7. The quantitative estimate of drug-likeness (QED) is 0.735. The van der Waals surface area contributed by atoms with Gasteiger partial charge in [0.05, 0.1) is 34.0 Å². The van der Waals surface area contributed by atoms with Gasteiger partial charge in [-0.2, -0.15) is 0 Å². The summed E-state index contributed by atoms with van der Waals surface area (Å²) >= 11 is 1.22. The molecule has 1 aromatic heterocycles. The van der Waals surface area contributed by atoms with Crippen molar-refractivity contribution < 1.29 is 33.3 Å². The van der Waals surface area contributed by atoms with Gasteiger partial charge in [0.25, 0.3) is 11.8 Å². The van der Waals surface area contributed by atoms with Crippen LogP contribution in [0.2, 0.25) is 0 Å². The fraction of sp³-hybridized carbons (Fsp3) is 0.316. The molecule has 1 aromatic carbocycles. The van der Waals surface area contributed by atoms with Crippen molar-refractivity contribution >= 4 is 34.2 Å². The van der Waals surface area contributed by atoms with E-state index in [0.29, 0.717) is 27.8 Å². The smallest absolute Gasteiger partial charge is 0.413 e. The van der Waals surface area contributed by atoms with Crippen LogP contribution in [0.5, 0.6) is 17.2 Å². The van der Waals surface area contributed by atoms with Gasteiger partial charge in [-0.05, 0) is 31.5 Å². The SMILES string of the molecule is COC(=O)NC(=O)c1c(NC(=O)c2cc(OC)c(OC)c(OC)c2)sc(C)c1C. The molecule has 29 heavy (non-hydrogen) atoms. The maximum absolute atomic E-state index is 12.8. The number of methoxy groups -OCH3 is 4. The fourth-order valence-corrected chi connectivity index (χ4v) is 3.64. The first-order chi connectivity index (χ1) is 13.8. The zero-order chi connectivity index (χ0) is 21.7. The molecule has 0 unspecified atom stereocenters. The summed E-state index contributed by atoms with van der Waals surface area (Å²) in [5.74, 6) is -0.164. The van der Waals surface area contributed by atoms with E-state index in [1.807, 2.05) is 6.92 Å². The number of hydrogen-bond acceptors (Lipinski definition) is 8. The molecule has 3 amide bonds. The van der Waals surface area contributed by atoms with Crippen LogP contribution in [-0.2, 0) is 4.74 Å². The van der Waals surface area contributed by atoms with Gasteiger partial charge in [-0.15, -0.1) is 11.3 Å². The van der Waals surface area contributed by atoms with Crippen LogP contribution in [-0.4, -0.2) is 46.3 Å². The molecule has 0 saturated heterocycles. The lowest BCUT2D eigenvalue weighted by atomic mass is 10.1. The average Bonchev–Trinajstić information content (AvgIpc) is 2.99. The van der Waals surface area contributed by atoms with Crippen molar-refractivity contribution in [3.8, 4) is 17.2 Å². The summed E-state index contributed by atoms with van der Waals surface area (Å²) in [7, 11) is 5.51. The molecule has 0 radical (unpaired) electrons. The van der Waals surface area contributed by atoms with Crippen molar-refractivity contribution in [3.63, 3.8) is 0 Å². The molecule has 0 bridgehead atoms. The molecule has 10 heteroatoms. The lowest BCUT2D eigenvalue weighted by Gasteiger charge is -2.14. The first kappa shape index (κ1) is 22.0. The minimum absolute atomic E-state index is 0.193. The maximum Gasteiger partial charge on any atom is 0.413 e. The minimum atomic E-state index is -0.889. The third kappa shape index (κ3) is 4.60.